The third-order valence-electron chi connectivity index (χ3n) is 5.07. The van der Waals surface area contributed by atoms with Crippen molar-refractivity contribution in [1.82, 2.24) is 9.80 Å². The average molecular weight is 224 g/mol. The Bertz CT molecular complexity index is 233. The van der Waals surface area contributed by atoms with Gasteiger partial charge in [0.05, 0.1) is 0 Å². The summed E-state index contributed by atoms with van der Waals surface area (Å²) in [5.41, 5.74) is 0.637. The lowest BCUT2D eigenvalue weighted by Crippen LogP contribution is -2.52. The lowest BCUT2D eigenvalue weighted by molar-refractivity contribution is 0.0816. The van der Waals surface area contributed by atoms with Crippen LogP contribution < -0.4 is 0 Å². The summed E-state index contributed by atoms with van der Waals surface area (Å²) in [6.45, 7) is 14.7. The van der Waals surface area contributed by atoms with Gasteiger partial charge in [-0.25, -0.2) is 0 Å². The summed E-state index contributed by atoms with van der Waals surface area (Å²) >= 11 is 0. The fourth-order valence-corrected chi connectivity index (χ4v) is 3.55. The van der Waals surface area contributed by atoms with Crippen LogP contribution in [0.1, 0.15) is 47.0 Å². The summed E-state index contributed by atoms with van der Waals surface area (Å²) in [7, 11) is 0. The highest BCUT2D eigenvalue weighted by atomic mass is 15.3. The standard InChI is InChI=1S/C14H28N2/c1-5-14(6-2)9-13-10-15(12(3)4)7-8-16(13)11-14/h12-13H,5-11H2,1-4H3. The Balaban J connectivity index is 2.01. The third-order valence-corrected chi connectivity index (χ3v) is 5.07. The predicted octanol–water partition coefficient (Wildman–Crippen LogP) is 2.59. The van der Waals surface area contributed by atoms with Crippen LogP contribution >= 0.6 is 0 Å². The third kappa shape index (κ3) is 2.14. The van der Waals surface area contributed by atoms with E-state index in [-0.39, 0.29) is 0 Å². The van der Waals surface area contributed by atoms with E-state index in [1.54, 1.807) is 0 Å². The molecule has 0 bridgehead atoms. The predicted molar refractivity (Wildman–Crippen MR) is 69.7 cm³/mol. The molecule has 2 rings (SSSR count). The molecule has 2 fully saturated rings. The molecule has 2 heteroatoms. The molecule has 0 amide bonds. The molecule has 0 aromatic heterocycles. The minimum absolute atomic E-state index is 0.637. The van der Waals surface area contributed by atoms with E-state index in [0.29, 0.717) is 5.41 Å². The highest BCUT2D eigenvalue weighted by Crippen LogP contribution is 2.41. The van der Waals surface area contributed by atoms with E-state index in [1.807, 2.05) is 0 Å². The van der Waals surface area contributed by atoms with Crippen LogP contribution in [0.15, 0.2) is 0 Å². The van der Waals surface area contributed by atoms with E-state index in [2.05, 4.69) is 37.5 Å². The Morgan fingerprint density at radius 3 is 2.44 bits per heavy atom. The molecule has 1 atom stereocenters. The second-order valence-electron chi connectivity index (χ2n) is 6.12. The topological polar surface area (TPSA) is 6.48 Å². The van der Waals surface area contributed by atoms with Crippen LogP contribution in [0, 0.1) is 5.41 Å². The van der Waals surface area contributed by atoms with Crippen molar-refractivity contribution in [3.63, 3.8) is 0 Å². The zero-order valence-electron chi connectivity index (χ0n) is 11.5. The molecule has 0 radical (unpaired) electrons. The fourth-order valence-electron chi connectivity index (χ4n) is 3.55. The van der Waals surface area contributed by atoms with E-state index in [1.165, 1.54) is 45.4 Å². The van der Waals surface area contributed by atoms with Crippen LogP contribution in [0.4, 0.5) is 0 Å². The van der Waals surface area contributed by atoms with Crippen molar-refractivity contribution >= 4 is 0 Å². The lowest BCUT2D eigenvalue weighted by Gasteiger charge is -2.39. The van der Waals surface area contributed by atoms with Crippen molar-refractivity contribution in [2.75, 3.05) is 26.2 Å². The van der Waals surface area contributed by atoms with Gasteiger partial charge < -0.3 is 0 Å². The van der Waals surface area contributed by atoms with Crippen LogP contribution in [-0.2, 0) is 0 Å². The molecular weight excluding hydrogens is 196 g/mol. The molecule has 0 spiro atoms. The van der Waals surface area contributed by atoms with Gasteiger partial charge in [0.15, 0.2) is 0 Å². The molecule has 1 unspecified atom stereocenters. The van der Waals surface area contributed by atoms with E-state index in [9.17, 15) is 0 Å². The quantitative estimate of drug-likeness (QED) is 0.727. The molecule has 0 saturated carbocycles. The van der Waals surface area contributed by atoms with Crippen LogP contribution in [-0.4, -0.2) is 48.1 Å². The van der Waals surface area contributed by atoms with E-state index in [4.69, 9.17) is 0 Å². The molecule has 2 aliphatic heterocycles. The number of piperazine rings is 1. The van der Waals surface area contributed by atoms with Crippen LogP contribution in [0.2, 0.25) is 0 Å². The first-order chi connectivity index (χ1) is 7.60. The van der Waals surface area contributed by atoms with Gasteiger partial charge in [-0.2, -0.15) is 0 Å². The smallest absolute Gasteiger partial charge is 0.0229 e. The zero-order valence-corrected chi connectivity index (χ0v) is 11.5. The Morgan fingerprint density at radius 2 is 1.88 bits per heavy atom. The molecule has 2 saturated heterocycles. The molecule has 0 N–H and O–H groups in total. The van der Waals surface area contributed by atoms with E-state index < -0.39 is 0 Å². The number of hydrogen-bond acceptors (Lipinski definition) is 2. The van der Waals surface area contributed by atoms with Gasteiger partial charge in [0, 0.05) is 38.3 Å². The number of hydrogen-bond donors (Lipinski definition) is 0. The molecule has 94 valence electrons. The summed E-state index contributed by atoms with van der Waals surface area (Å²) in [6, 6.07) is 1.57. The first kappa shape index (κ1) is 12.4. The number of nitrogens with zero attached hydrogens (tertiary/aromatic N) is 2. The van der Waals surface area contributed by atoms with Crippen molar-refractivity contribution < 1.29 is 0 Å². The zero-order chi connectivity index (χ0) is 11.8. The molecule has 2 aliphatic rings. The van der Waals surface area contributed by atoms with Crippen molar-refractivity contribution in [3.05, 3.63) is 0 Å². The minimum atomic E-state index is 0.637. The Kier molecular flexibility index (Phi) is 3.60. The molecule has 2 heterocycles. The second-order valence-corrected chi connectivity index (χ2v) is 6.12. The summed E-state index contributed by atoms with van der Waals surface area (Å²) < 4.78 is 0. The van der Waals surface area contributed by atoms with Crippen molar-refractivity contribution in [2.24, 2.45) is 5.41 Å². The van der Waals surface area contributed by atoms with Crippen molar-refractivity contribution in [1.29, 1.82) is 0 Å². The molecule has 0 aliphatic carbocycles. The SMILES string of the molecule is CCC1(CC)CC2CN(C(C)C)CCN2C1. The lowest BCUT2D eigenvalue weighted by atomic mass is 9.80. The van der Waals surface area contributed by atoms with Gasteiger partial charge in [-0.05, 0) is 38.5 Å². The number of rotatable bonds is 3. The van der Waals surface area contributed by atoms with Gasteiger partial charge in [0.1, 0.15) is 0 Å². The van der Waals surface area contributed by atoms with Crippen molar-refractivity contribution in [2.45, 2.75) is 59.0 Å². The maximum absolute atomic E-state index is 2.76. The Hall–Kier alpha value is -0.0800. The number of fused-ring (bicyclic) bond motifs is 1. The summed E-state index contributed by atoms with van der Waals surface area (Å²) in [5.74, 6) is 0. The Labute approximate surface area is 101 Å². The first-order valence-electron chi connectivity index (χ1n) is 7.08. The monoisotopic (exact) mass is 224 g/mol. The van der Waals surface area contributed by atoms with Crippen LogP contribution in [0.5, 0.6) is 0 Å². The van der Waals surface area contributed by atoms with Gasteiger partial charge in [-0.3, -0.25) is 9.80 Å². The van der Waals surface area contributed by atoms with Crippen LogP contribution in [0.25, 0.3) is 0 Å². The second kappa shape index (κ2) is 4.66. The van der Waals surface area contributed by atoms with Gasteiger partial charge >= 0.3 is 0 Å². The van der Waals surface area contributed by atoms with Gasteiger partial charge in [-0.15, -0.1) is 0 Å². The van der Waals surface area contributed by atoms with Gasteiger partial charge in [0.25, 0.3) is 0 Å². The summed E-state index contributed by atoms with van der Waals surface area (Å²) in [4.78, 5) is 5.41. The fraction of sp³-hybridized carbons (Fsp3) is 1.00. The van der Waals surface area contributed by atoms with Crippen LogP contribution in [0.3, 0.4) is 0 Å². The van der Waals surface area contributed by atoms with Gasteiger partial charge in [-0.1, -0.05) is 13.8 Å². The van der Waals surface area contributed by atoms with E-state index in [0.717, 1.165) is 12.1 Å². The molecular formula is C14H28N2. The maximum atomic E-state index is 2.76. The first-order valence-corrected chi connectivity index (χ1v) is 7.08. The summed E-state index contributed by atoms with van der Waals surface area (Å²) in [5, 5.41) is 0. The van der Waals surface area contributed by atoms with E-state index >= 15 is 0 Å². The average Bonchev–Trinajstić information content (AvgIpc) is 2.67. The van der Waals surface area contributed by atoms with Gasteiger partial charge in [0.2, 0.25) is 0 Å². The van der Waals surface area contributed by atoms with Crippen molar-refractivity contribution in [3.8, 4) is 0 Å². The molecule has 16 heavy (non-hydrogen) atoms. The summed E-state index contributed by atoms with van der Waals surface area (Å²) in [6.07, 6.45) is 4.15. The molecule has 2 nitrogen and oxygen atoms in total. The normalized spacial score (nSPS) is 30.9. The highest BCUT2D eigenvalue weighted by molar-refractivity contribution is 4.98. The minimum Gasteiger partial charge on any atom is -0.298 e. The molecule has 0 aromatic rings. The maximum Gasteiger partial charge on any atom is 0.0229 e. The largest absolute Gasteiger partial charge is 0.298 e. The highest BCUT2D eigenvalue weighted by Gasteiger charge is 2.43. The Morgan fingerprint density at radius 1 is 1.19 bits per heavy atom. The molecule has 0 aromatic carbocycles.